The van der Waals surface area contributed by atoms with Crippen molar-refractivity contribution in [1.82, 2.24) is 14.8 Å². The number of benzene rings is 2. The van der Waals surface area contributed by atoms with E-state index in [1.807, 2.05) is 24.3 Å². The first kappa shape index (κ1) is 12.9. The van der Waals surface area contributed by atoms with Crippen molar-refractivity contribution in [2.45, 2.75) is 13.0 Å². The van der Waals surface area contributed by atoms with Crippen LogP contribution in [0.4, 0.5) is 5.69 Å². The van der Waals surface area contributed by atoms with E-state index in [0.717, 1.165) is 35.7 Å². The molecule has 0 fully saturated rings. The number of hydrogen-bond acceptors (Lipinski definition) is 4. The van der Waals surface area contributed by atoms with Crippen molar-refractivity contribution < 1.29 is 4.74 Å². The fourth-order valence-corrected chi connectivity index (χ4v) is 2.97. The van der Waals surface area contributed by atoms with E-state index in [-0.39, 0.29) is 0 Å². The largest absolute Gasteiger partial charge is 0.495 e. The first-order chi connectivity index (χ1) is 10.8. The summed E-state index contributed by atoms with van der Waals surface area (Å²) in [5.41, 5.74) is 9.95. The second-order valence-electron chi connectivity index (χ2n) is 5.36. The topological polar surface area (TPSA) is 66.0 Å². The molecule has 0 aliphatic carbocycles. The van der Waals surface area contributed by atoms with Gasteiger partial charge < -0.3 is 15.0 Å². The second-order valence-corrected chi connectivity index (χ2v) is 5.36. The summed E-state index contributed by atoms with van der Waals surface area (Å²) >= 11 is 0. The zero-order valence-corrected chi connectivity index (χ0v) is 12.3. The van der Waals surface area contributed by atoms with E-state index in [1.54, 1.807) is 7.11 Å². The molecule has 110 valence electrons. The van der Waals surface area contributed by atoms with Crippen molar-refractivity contribution in [2.75, 3.05) is 12.8 Å². The van der Waals surface area contributed by atoms with Crippen LogP contribution in [-0.2, 0) is 13.0 Å². The third-order valence-corrected chi connectivity index (χ3v) is 4.11. The van der Waals surface area contributed by atoms with Crippen LogP contribution in [0.5, 0.6) is 5.75 Å². The van der Waals surface area contributed by atoms with Gasteiger partial charge in [0, 0.05) is 17.7 Å². The number of fused-ring (bicyclic) bond motifs is 3. The Morgan fingerprint density at radius 3 is 2.77 bits per heavy atom. The molecule has 1 aliphatic heterocycles. The molecule has 0 spiro atoms. The van der Waals surface area contributed by atoms with Gasteiger partial charge in [0.1, 0.15) is 5.75 Å². The molecule has 5 nitrogen and oxygen atoms in total. The van der Waals surface area contributed by atoms with Crippen molar-refractivity contribution in [2.24, 2.45) is 0 Å². The van der Waals surface area contributed by atoms with Gasteiger partial charge in [-0.25, -0.2) is 0 Å². The molecule has 1 aliphatic rings. The Hall–Kier alpha value is -2.82. The van der Waals surface area contributed by atoms with Crippen molar-refractivity contribution in [3.05, 3.63) is 48.0 Å². The van der Waals surface area contributed by atoms with E-state index in [9.17, 15) is 0 Å². The van der Waals surface area contributed by atoms with Crippen LogP contribution in [0.2, 0.25) is 0 Å². The number of nitrogens with zero attached hydrogens (tertiary/aromatic N) is 3. The van der Waals surface area contributed by atoms with Crippen LogP contribution in [0.1, 0.15) is 5.56 Å². The standard InChI is InChI=1S/C17H16N4O/c1-22-15-10-12(6-7-14(15)18)16-19-20-17-13-5-3-2-4-11(13)8-9-21(16)17/h2-7,10H,8-9,18H2,1H3. The van der Waals surface area contributed by atoms with E-state index in [0.29, 0.717) is 11.4 Å². The van der Waals surface area contributed by atoms with Crippen LogP contribution in [0, 0.1) is 0 Å². The zero-order chi connectivity index (χ0) is 15.1. The summed E-state index contributed by atoms with van der Waals surface area (Å²) in [5, 5.41) is 8.78. The number of anilines is 1. The molecule has 22 heavy (non-hydrogen) atoms. The summed E-state index contributed by atoms with van der Waals surface area (Å²) in [4.78, 5) is 0. The molecule has 0 unspecified atom stereocenters. The van der Waals surface area contributed by atoms with Gasteiger partial charge in [-0.2, -0.15) is 0 Å². The van der Waals surface area contributed by atoms with Crippen molar-refractivity contribution in [3.63, 3.8) is 0 Å². The molecular weight excluding hydrogens is 276 g/mol. The highest BCUT2D eigenvalue weighted by Gasteiger charge is 2.21. The summed E-state index contributed by atoms with van der Waals surface area (Å²) in [6.07, 6.45) is 0.986. The maximum Gasteiger partial charge on any atom is 0.164 e. The average Bonchev–Trinajstić information content (AvgIpc) is 3.00. The number of nitrogen functional groups attached to an aromatic ring is 1. The van der Waals surface area contributed by atoms with Crippen molar-refractivity contribution in [1.29, 1.82) is 0 Å². The number of nitrogens with two attached hydrogens (primary N) is 1. The fourth-order valence-electron chi connectivity index (χ4n) is 2.97. The molecule has 2 aromatic carbocycles. The van der Waals surface area contributed by atoms with Crippen LogP contribution in [0.3, 0.4) is 0 Å². The van der Waals surface area contributed by atoms with Crippen molar-refractivity contribution in [3.8, 4) is 28.5 Å². The first-order valence-corrected chi connectivity index (χ1v) is 7.23. The second kappa shape index (κ2) is 4.87. The summed E-state index contributed by atoms with van der Waals surface area (Å²) in [6, 6.07) is 14.1. The molecular formula is C17H16N4O. The molecule has 1 aromatic heterocycles. The minimum Gasteiger partial charge on any atom is -0.495 e. The van der Waals surface area contributed by atoms with Crippen LogP contribution < -0.4 is 10.5 Å². The Balaban J connectivity index is 1.85. The van der Waals surface area contributed by atoms with Gasteiger partial charge in [0.15, 0.2) is 11.6 Å². The summed E-state index contributed by atoms with van der Waals surface area (Å²) in [5.74, 6) is 2.43. The number of aryl methyl sites for hydroxylation is 1. The lowest BCUT2D eigenvalue weighted by molar-refractivity contribution is 0.417. The molecule has 0 saturated heterocycles. The third-order valence-electron chi connectivity index (χ3n) is 4.11. The Bertz CT molecular complexity index is 854. The Morgan fingerprint density at radius 2 is 1.91 bits per heavy atom. The van der Waals surface area contributed by atoms with Gasteiger partial charge in [-0.15, -0.1) is 10.2 Å². The van der Waals surface area contributed by atoms with Gasteiger partial charge in [0.2, 0.25) is 0 Å². The number of ether oxygens (including phenoxy) is 1. The Morgan fingerprint density at radius 1 is 1.09 bits per heavy atom. The molecule has 0 atom stereocenters. The van der Waals surface area contributed by atoms with Crippen LogP contribution in [-0.4, -0.2) is 21.9 Å². The molecule has 0 bridgehead atoms. The summed E-state index contributed by atoms with van der Waals surface area (Å²) in [7, 11) is 1.62. The van der Waals surface area contributed by atoms with Crippen LogP contribution >= 0.6 is 0 Å². The Kier molecular flexibility index (Phi) is 2.85. The maximum atomic E-state index is 5.89. The van der Waals surface area contributed by atoms with E-state index < -0.39 is 0 Å². The number of aromatic nitrogens is 3. The minimum absolute atomic E-state index is 0.620. The van der Waals surface area contributed by atoms with Gasteiger partial charge in [-0.05, 0) is 30.2 Å². The molecule has 0 radical (unpaired) electrons. The quantitative estimate of drug-likeness (QED) is 0.738. The predicted octanol–water partition coefficient (Wildman–Crippen LogP) is 2.76. The molecule has 4 rings (SSSR count). The lowest BCUT2D eigenvalue weighted by Crippen LogP contribution is -2.12. The number of methoxy groups -OCH3 is 1. The normalized spacial score (nSPS) is 12.6. The highest BCUT2D eigenvalue weighted by molar-refractivity contribution is 5.69. The van der Waals surface area contributed by atoms with Gasteiger partial charge in [-0.1, -0.05) is 24.3 Å². The van der Waals surface area contributed by atoms with E-state index >= 15 is 0 Å². The van der Waals surface area contributed by atoms with Crippen molar-refractivity contribution >= 4 is 5.69 Å². The van der Waals surface area contributed by atoms with E-state index in [1.165, 1.54) is 5.56 Å². The minimum atomic E-state index is 0.620. The predicted molar refractivity (Wildman–Crippen MR) is 85.6 cm³/mol. The monoisotopic (exact) mass is 292 g/mol. The smallest absolute Gasteiger partial charge is 0.164 e. The summed E-state index contributed by atoms with van der Waals surface area (Å²) < 4.78 is 7.46. The molecule has 0 amide bonds. The van der Waals surface area contributed by atoms with Crippen LogP contribution in [0.15, 0.2) is 42.5 Å². The highest BCUT2D eigenvalue weighted by Crippen LogP contribution is 2.33. The SMILES string of the molecule is COc1cc(-c2nnc3n2CCc2ccccc2-3)ccc1N. The molecule has 2 heterocycles. The fraction of sp³-hybridized carbons (Fsp3) is 0.176. The van der Waals surface area contributed by atoms with E-state index in [2.05, 4.69) is 33.0 Å². The highest BCUT2D eigenvalue weighted by atomic mass is 16.5. The molecule has 2 N–H and O–H groups in total. The molecule has 3 aromatic rings. The van der Waals surface area contributed by atoms with Gasteiger partial charge in [0.05, 0.1) is 12.8 Å². The number of rotatable bonds is 2. The van der Waals surface area contributed by atoms with Gasteiger partial charge >= 0.3 is 0 Å². The summed E-state index contributed by atoms with van der Waals surface area (Å²) in [6.45, 7) is 0.876. The number of hydrogen-bond donors (Lipinski definition) is 1. The first-order valence-electron chi connectivity index (χ1n) is 7.23. The lowest BCUT2D eigenvalue weighted by Gasteiger charge is -2.18. The molecule has 5 heteroatoms. The van der Waals surface area contributed by atoms with Crippen LogP contribution in [0.25, 0.3) is 22.8 Å². The average molecular weight is 292 g/mol. The Labute approximate surface area is 128 Å². The van der Waals surface area contributed by atoms with Gasteiger partial charge in [0.25, 0.3) is 0 Å². The third kappa shape index (κ3) is 1.86. The van der Waals surface area contributed by atoms with E-state index in [4.69, 9.17) is 10.5 Å². The van der Waals surface area contributed by atoms with Gasteiger partial charge in [-0.3, -0.25) is 0 Å². The molecule has 0 saturated carbocycles. The maximum absolute atomic E-state index is 5.89. The lowest BCUT2D eigenvalue weighted by atomic mass is 10.0. The zero-order valence-electron chi connectivity index (χ0n) is 12.3.